The topological polar surface area (TPSA) is 37.4 Å². The van der Waals surface area contributed by atoms with E-state index < -0.39 is 10.0 Å². The fourth-order valence-electron chi connectivity index (χ4n) is 2.23. The van der Waals surface area contributed by atoms with Crippen LogP contribution >= 0.6 is 15.9 Å². The zero-order chi connectivity index (χ0) is 14.1. The van der Waals surface area contributed by atoms with Gasteiger partial charge in [-0.1, -0.05) is 35.8 Å². The number of halogens is 1. The molecule has 0 unspecified atom stereocenters. The molecule has 1 rings (SSSR count). The highest BCUT2D eigenvalue weighted by atomic mass is 79.9. The van der Waals surface area contributed by atoms with Crippen LogP contribution in [0.1, 0.15) is 30.5 Å². The van der Waals surface area contributed by atoms with Crippen molar-refractivity contribution < 1.29 is 8.42 Å². The van der Waals surface area contributed by atoms with E-state index in [2.05, 4.69) is 15.9 Å². The maximum absolute atomic E-state index is 12.6. The van der Waals surface area contributed by atoms with Gasteiger partial charge in [-0.15, -0.1) is 0 Å². The first kappa shape index (κ1) is 15.7. The molecule has 0 atom stereocenters. The van der Waals surface area contributed by atoms with Crippen molar-refractivity contribution in [1.82, 2.24) is 4.31 Å². The van der Waals surface area contributed by atoms with Gasteiger partial charge in [0.15, 0.2) is 0 Å². The van der Waals surface area contributed by atoms with Crippen molar-refractivity contribution >= 4 is 26.0 Å². The second kappa shape index (κ2) is 5.72. The van der Waals surface area contributed by atoms with E-state index in [4.69, 9.17) is 0 Å². The molecule has 0 spiro atoms. The first-order chi connectivity index (χ1) is 8.27. The lowest BCUT2D eigenvalue weighted by atomic mass is 10.1. The molecule has 1 aromatic carbocycles. The van der Waals surface area contributed by atoms with Crippen LogP contribution in [0.25, 0.3) is 0 Å². The first-order valence-corrected chi connectivity index (χ1v) is 8.27. The van der Waals surface area contributed by atoms with Crippen molar-refractivity contribution in [3.63, 3.8) is 0 Å². The number of sulfonamides is 1. The lowest BCUT2D eigenvalue weighted by molar-refractivity contribution is 0.444. The average Bonchev–Trinajstić information content (AvgIpc) is 2.26. The number of aryl methyl sites for hydroxylation is 2. The predicted molar refractivity (Wildman–Crippen MR) is 78.5 cm³/mol. The lowest BCUT2D eigenvalue weighted by Crippen LogP contribution is -2.31. The van der Waals surface area contributed by atoms with Crippen LogP contribution in [0, 0.1) is 20.8 Å². The predicted octanol–water partition coefficient (Wildman–Crippen LogP) is 3.40. The number of rotatable bonds is 4. The van der Waals surface area contributed by atoms with Crippen molar-refractivity contribution in [2.24, 2.45) is 0 Å². The Hall–Kier alpha value is -0.390. The third kappa shape index (κ3) is 2.63. The summed E-state index contributed by atoms with van der Waals surface area (Å²) in [5.41, 5.74) is 2.66. The summed E-state index contributed by atoms with van der Waals surface area (Å²) in [6.07, 6.45) is 0. The molecule has 3 nitrogen and oxygen atoms in total. The number of hydrogen-bond acceptors (Lipinski definition) is 2. The summed E-state index contributed by atoms with van der Waals surface area (Å²) < 4.78 is 27.6. The standard InChI is InChI=1S/C13H20BrNO2S/c1-6-15(7-2)18(16,17)13-10(4)8-9(3)12(14)11(13)5/h8H,6-7H2,1-5H3. The number of hydrogen-bond donors (Lipinski definition) is 0. The Balaban J connectivity index is 3.56. The van der Waals surface area contributed by atoms with E-state index in [1.807, 2.05) is 40.7 Å². The molecule has 5 heteroatoms. The number of benzene rings is 1. The van der Waals surface area contributed by atoms with Gasteiger partial charge < -0.3 is 0 Å². The molecule has 0 fully saturated rings. The monoisotopic (exact) mass is 333 g/mol. The van der Waals surface area contributed by atoms with E-state index in [1.165, 1.54) is 4.31 Å². The molecule has 0 aliphatic rings. The maximum Gasteiger partial charge on any atom is 0.243 e. The van der Waals surface area contributed by atoms with Gasteiger partial charge in [-0.25, -0.2) is 8.42 Å². The smallest absolute Gasteiger partial charge is 0.207 e. The van der Waals surface area contributed by atoms with Crippen molar-refractivity contribution in [1.29, 1.82) is 0 Å². The van der Waals surface area contributed by atoms with Gasteiger partial charge >= 0.3 is 0 Å². The minimum atomic E-state index is -3.40. The quantitative estimate of drug-likeness (QED) is 0.846. The number of nitrogens with zero attached hydrogens (tertiary/aromatic N) is 1. The van der Waals surface area contributed by atoms with Crippen LogP contribution in [0.2, 0.25) is 0 Å². The molecular weight excluding hydrogens is 314 g/mol. The van der Waals surface area contributed by atoms with E-state index in [9.17, 15) is 8.42 Å². The third-order valence-electron chi connectivity index (χ3n) is 3.11. The summed E-state index contributed by atoms with van der Waals surface area (Å²) in [5.74, 6) is 0. The molecule has 0 amide bonds. The molecule has 1 aromatic rings. The zero-order valence-corrected chi connectivity index (χ0v) is 13.9. The Morgan fingerprint density at radius 3 is 2.06 bits per heavy atom. The maximum atomic E-state index is 12.6. The van der Waals surface area contributed by atoms with Crippen LogP contribution in [0.3, 0.4) is 0 Å². The van der Waals surface area contributed by atoms with Crippen LogP contribution < -0.4 is 0 Å². The fourth-order valence-corrected chi connectivity index (χ4v) is 4.57. The molecule has 0 heterocycles. The second-order valence-corrected chi connectivity index (χ2v) is 7.04. The molecular formula is C13H20BrNO2S. The largest absolute Gasteiger partial charge is 0.243 e. The van der Waals surface area contributed by atoms with E-state index in [1.54, 1.807) is 0 Å². The first-order valence-electron chi connectivity index (χ1n) is 6.03. The van der Waals surface area contributed by atoms with E-state index in [0.29, 0.717) is 18.0 Å². The summed E-state index contributed by atoms with van der Waals surface area (Å²) in [6.45, 7) is 10.4. The van der Waals surface area contributed by atoms with Crippen molar-refractivity contribution in [2.75, 3.05) is 13.1 Å². The van der Waals surface area contributed by atoms with Gasteiger partial charge in [0.25, 0.3) is 0 Å². The molecule has 0 N–H and O–H groups in total. The Kier molecular flexibility index (Phi) is 4.98. The summed E-state index contributed by atoms with van der Waals surface area (Å²) in [6, 6.07) is 1.91. The minimum Gasteiger partial charge on any atom is -0.207 e. The highest BCUT2D eigenvalue weighted by Crippen LogP contribution is 2.31. The average molecular weight is 334 g/mol. The summed E-state index contributed by atoms with van der Waals surface area (Å²) in [4.78, 5) is 0.434. The molecule has 0 saturated heterocycles. The third-order valence-corrected chi connectivity index (χ3v) is 6.67. The molecule has 0 aliphatic heterocycles. The second-order valence-electron chi connectivity index (χ2n) is 4.37. The van der Waals surface area contributed by atoms with Gasteiger partial charge in [0.05, 0.1) is 4.90 Å². The van der Waals surface area contributed by atoms with Crippen LogP contribution in [-0.2, 0) is 10.0 Å². The van der Waals surface area contributed by atoms with E-state index >= 15 is 0 Å². The lowest BCUT2D eigenvalue weighted by Gasteiger charge is -2.22. The summed E-state index contributed by atoms with van der Waals surface area (Å²) in [5, 5.41) is 0. The van der Waals surface area contributed by atoms with Gasteiger partial charge in [-0.2, -0.15) is 4.31 Å². The van der Waals surface area contributed by atoms with Crippen LogP contribution in [0.5, 0.6) is 0 Å². The summed E-state index contributed by atoms with van der Waals surface area (Å²) >= 11 is 3.47. The molecule has 0 aliphatic carbocycles. The van der Waals surface area contributed by atoms with Gasteiger partial charge in [-0.3, -0.25) is 0 Å². The van der Waals surface area contributed by atoms with Crippen LogP contribution in [-0.4, -0.2) is 25.8 Å². The Labute approximate surface area is 118 Å². The summed E-state index contributed by atoms with van der Waals surface area (Å²) in [7, 11) is -3.40. The normalized spacial score (nSPS) is 12.2. The Morgan fingerprint density at radius 2 is 1.61 bits per heavy atom. The van der Waals surface area contributed by atoms with Gasteiger partial charge in [0.2, 0.25) is 10.0 Å². The van der Waals surface area contributed by atoms with Gasteiger partial charge in [0.1, 0.15) is 0 Å². The molecule has 0 bridgehead atoms. The molecule has 0 saturated carbocycles. The fraction of sp³-hybridized carbons (Fsp3) is 0.538. The van der Waals surface area contributed by atoms with Crippen molar-refractivity contribution in [2.45, 2.75) is 39.5 Å². The zero-order valence-electron chi connectivity index (χ0n) is 11.5. The van der Waals surface area contributed by atoms with Crippen molar-refractivity contribution in [3.8, 4) is 0 Å². The van der Waals surface area contributed by atoms with Crippen molar-refractivity contribution in [3.05, 3.63) is 27.2 Å². The highest BCUT2D eigenvalue weighted by molar-refractivity contribution is 9.10. The SMILES string of the molecule is CCN(CC)S(=O)(=O)c1c(C)cc(C)c(Br)c1C. The molecule has 18 heavy (non-hydrogen) atoms. The molecule has 102 valence electrons. The van der Waals surface area contributed by atoms with E-state index in [-0.39, 0.29) is 0 Å². The Morgan fingerprint density at radius 1 is 1.11 bits per heavy atom. The highest BCUT2D eigenvalue weighted by Gasteiger charge is 2.26. The van der Waals surface area contributed by atoms with E-state index in [0.717, 1.165) is 21.2 Å². The van der Waals surface area contributed by atoms with Gasteiger partial charge in [-0.05, 0) is 37.5 Å². The minimum absolute atomic E-state index is 0.434. The van der Waals surface area contributed by atoms with Crippen LogP contribution in [0.15, 0.2) is 15.4 Å². The molecule has 0 aromatic heterocycles. The Bertz CT molecular complexity index is 549. The van der Waals surface area contributed by atoms with Crippen LogP contribution in [0.4, 0.5) is 0 Å². The molecule has 0 radical (unpaired) electrons. The van der Waals surface area contributed by atoms with Gasteiger partial charge in [0, 0.05) is 17.6 Å².